The van der Waals surface area contributed by atoms with Gasteiger partial charge in [-0.2, -0.15) is 0 Å². The highest BCUT2D eigenvalue weighted by Gasteiger charge is 2.44. The van der Waals surface area contributed by atoms with Crippen LogP contribution in [0.2, 0.25) is 0 Å². The number of ether oxygens (including phenoxy) is 3. The van der Waals surface area contributed by atoms with Crippen LogP contribution >= 0.6 is 0 Å². The fraction of sp³-hybridized carbons (Fsp3) is 0.250. The van der Waals surface area contributed by atoms with Crippen molar-refractivity contribution in [3.05, 3.63) is 83.9 Å². The lowest BCUT2D eigenvalue weighted by Gasteiger charge is -2.28. The molecule has 3 aromatic carbocycles. The molecule has 36 heavy (non-hydrogen) atoms. The van der Waals surface area contributed by atoms with Gasteiger partial charge in [-0.25, -0.2) is 4.90 Å². The third-order valence-electron chi connectivity index (χ3n) is 6.21. The molecule has 0 bridgehead atoms. The van der Waals surface area contributed by atoms with Crippen molar-refractivity contribution in [2.45, 2.75) is 32.4 Å². The zero-order chi connectivity index (χ0) is 25.1. The second-order valence-electron chi connectivity index (χ2n) is 8.59. The van der Waals surface area contributed by atoms with Crippen LogP contribution in [-0.2, 0) is 27.3 Å². The summed E-state index contributed by atoms with van der Waals surface area (Å²) in [7, 11) is 0. The number of fused-ring (bicyclic) bond motifs is 1. The Morgan fingerprint density at radius 1 is 0.972 bits per heavy atom. The molecule has 0 aliphatic carbocycles. The number of imide groups is 1. The molecule has 3 amide bonds. The molecule has 1 unspecified atom stereocenters. The summed E-state index contributed by atoms with van der Waals surface area (Å²) in [4.78, 5) is 42.7. The van der Waals surface area contributed by atoms with Crippen LogP contribution in [0.15, 0.2) is 72.8 Å². The van der Waals surface area contributed by atoms with Gasteiger partial charge in [-0.05, 0) is 54.4 Å². The van der Waals surface area contributed by atoms with Crippen LogP contribution in [0.4, 0.5) is 5.69 Å². The van der Waals surface area contributed by atoms with E-state index in [1.54, 1.807) is 36.4 Å². The van der Waals surface area contributed by atoms with E-state index in [0.717, 1.165) is 16.0 Å². The summed E-state index contributed by atoms with van der Waals surface area (Å²) in [6.45, 7) is 2.69. The molecular formula is C28H26N2O6. The Morgan fingerprint density at radius 3 is 2.47 bits per heavy atom. The SMILES string of the molecule is CCOc1ccc(N2C(=O)CC(N(Cc3ccc4c(c3)OCO4)C(=O)Cc3ccccc3)C2=O)cc1. The fourth-order valence-electron chi connectivity index (χ4n) is 4.47. The summed E-state index contributed by atoms with van der Waals surface area (Å²) in [6, 6.07) is 20.6. The van der Waals surface area contributed by atoms with Crippen LogP contribution in [0, 0.1) is 0 Å². The lowest BCUT2D eigenvalue weighted by molar-refractivity contribution is -0.138. The van der Waals surface area contributed by atoms with Crippen molar-refractivity contribution in [3.63, 3.8) is 0 Å². The molecule has 0 spiro atoms. The van der Waals surface area contributed by atoms with Crippen LogP contribution in [0.1, 0.15) is 24.5 Å². The summed E-state index contributed by atoms with van der Waals surface area (Å²) in [5.41, 5.74) is 2.06. The van der Waals surface area contributed by atoms with Crippen LogP contribution in [0.25, 0.3) is 0 Å². The Hall–Kier alpha value is -4.33. The number of nitrogens with zero attached hydrogens (tertiary/aromatic N) is 2. The molecule has 1 atom stereocenters. The van der Waals surface area contributed by atoms with Gasteiger partial charge in [-0.15, -0.1) is 0 Å². The van der Waals surface area contributed by atoms with E-state index in [2.05, 4.69) is 0 Å². The number of benzene rings is 3. The summed E-state index contributed by atoms with van der Waals surface area (Å²) in [5, 5.41) is 0. The van der Waals surface area contributed by atoms with Gasteiger partial charge >= 0.3 is 0 Å². The molecule has 1 saturated heterocycles. The monoisotopic (exact) mass is 486 g/mol. The topological polar surface area (TPSA) is 85.4 Å². The van der Waals surface area contributed by atoms with E-state index < -0.39 is 11.9 Å². The number of hydrogen-bond acceptors (Lipinski definition) is 6. The number of hydrogen-bond donors (Lipinski definition) is 0. The average molecular weight is 487 g/mol. The first-order chi connectivity index (χ1) is 17.5. The largest absolute Gasteiger partial charge is 0.494 e. The second-order valence-corrected chi connectivity index (χ2v) is 8.59. The number of amides is 3. The number of anilines is 1. The van der Waals surface area contributed by atoms with Gasteiger partial charge in [0.2, 0.25) is 18.6 Å². The van der Waals surface area contributed by atoms with E-state index in [9.17, 15) is 14.4 Å². The summed E-state index contributed by atoms with van der Waals surface area (Å²) < 4.78 is 16.3. The minimum Gasteiger partial charge on any atom is -0.494 e. The Labute approximate surface area is 209 Å². The predicted molar refractivity (Wildman–Crippen MR) is 132 cm³/mol. The number of carbonyl (C=O) groups excluding carboxylic acids is 3. The van der Waals surface area contributed by atoms with Crippen molar-refractivity contribution in [1.82, 2.24) is 4.90 Å². The van der Waals surface area contributed by atoms with Gasteiger partial charge in [0.25, 0.3) is 5.91 Å². The lowest BCUT2D eigenvalue weighted by Crippen LogP contribution is -2.45. The molecule has 0 N–H and O–H groups in total. The molecule has 0 aromatic heterocycles. The molecule has 0 saturated carbocycles. The van der Waals surface area contributed by atoms with Crippen molar-refractivity contribution < 1.29 is 28.6 Å². The second kappa shape index (κ2) is 10.1. The molecule has 8 nitrogen and oxygen atoms in total. The summed E-state index contributed by atoms with van der Waals surface area (Å²) in [5.74, 6) is 0.865. The van der Waals surface area contributed by atoms with Crippen LogP contribution in [-0.4, -0.2) is 42.1 Å². The Bertz CT molecular complexity index is 1270. The predicted octanol–water partition coefficient (Wildman–Crippen LogP) is 3.72. The Kier molecular flexibility index (Phi) is 6.58. The maximum Gasteiger partial charge on any atom is 0.257 e. The van der Waals surface area contributed by atoms with Crippen molar-refractivity contribution in [2.75, 3.05) is 18.3 Å². The molecule has 184 valence electrons. The first-order valence-electron chi connectivity index (χ1n) is 11.8. The first-order valence-corrected chi connectivity index (χ1v) is 11.8. The van der Waals surface area contributed by atoms with E-state index in [-0.39, 0.29) is 38.0 Å². The van der Waals surface area contributed by atoms with Crippen molar-refractivity contribution in [2.24, 2.45) is 0 Å². The van der Waals surface area contributed by atoms with Gasteiger partial charge in [0.1, 0.15) is 11.8 Å². The number of rotatable bonds is 8. The van der Waals surface area contributed by atoms with Crippen LogP contribution < -0.4 is 19.1 Å². The third-order valence-corrected chi connectivity index (χ3v) is 6.21. The maximum atomic E-state index is 13.5. The van der Waals surface area contributed by atoms with E-state index in [1.807, 2.05) is 43.3 Å². The minimum atomic E-state index is -0.911. The van der Waals surface area contributed by atoms with Gasteiger partial charge in [0, 0.05) is 6.54 Å². The normalized spacial score (nSPS) is 16.4. The molecule has 0 radical (unpaired) electrons. The molecule has 5 rings (SSSR count). The van der Waals surface area contributed by atoms with E-state index in [1.165, 1.54) is 4.90 Å². The van der Waals surface area contributed by atoms with Gasteiger partial charge in [-0.3, -0.25) is 14.4 Å². The quantitative estimate of drug-likeness (QED) is 0.451. The number of carbonyl (C=O) groups is 3. The van der Waals surface area contributed by atoms with Crippen molar-refractivity contribution in [1.29, 1.82) is 0 Å². The highest BCUT2D eigenvalue weighted by atomic mass is 16.7. The highest BCUT2D eigenvalue weighted by molar-refractivity contribution is 6.23. The summed E-state index contributed by atoms with van der Waals surface area (Å²) >= 11 is 0. The minimum absolute atomic E-state index is 0.0862. The summed E-state index contributed by atoms with van der Waals surface area (Å²) in [6.07, 6.45) is 0.0313. The van der Waals surface area contributed by atoms with Crippen molar-refractivity contribution >= 4 is 23.4 Å². The molecule has 2 aliphatic rings. The van der Waals surface area contributed by atoms with E-state index >= 15 is 0 Å². The Balaban J connectivity index is 1.42. The molecule has 1 fully saturated rings. The fourth-order valence-corrected chi connectivity index (χ4v) is 4.47. The average Bonchev–Trinajstić information content (AvgIpc) is 3.47. The zero-order valence-electron chi connectivity index (χ0n) is 19.9. The van der Waals surface area contributed by atoms with Gasteiger partial charge in [-0.1, -0.05) is 36.4 Å². The van der Waals surface area contributed by atoms with E-state index in [0.29, 0.717) is 29.5 Å². The standard InChI is InChI=1S/C28H26N2O6/c1-2-34-22-11-9-21(10-12-22)30-27(32)16-23(28(30)33)29(26(31)15-19-6-4-3-5-7-19)17-20-8-13-24-25(14-20)36-18-35-24/h3-14,23H,2,15-18H2,1H3. The third kappa shape index (κ3) is 4.75. The van der Waals surface area contributed by atoms with E-state index in [4.69, 9.17) is 14.2 Å². The maximum absolute atomic E-state index is 13.5. The van der Waals surface area contributed by atoms with Crippen LogP contribution in [0.3, 0.4) is 0 Å². The molecule has 2 aliphatic heterocycles. The Morgan fingerprint density at radius 2 is 1.72 bits per heavy atom. The lowest BCUT2D eigenvalue weighted by atomic mass is 10.1. The molecule has 2 heterocycles. The molecule has 8 heteroatoms. The van der Waals surface area contributed by atoms with Crippen LogP contribution in [0.5, 0.6) is 17.2 Å². The highest BCUT2D eigenvalue weighted by Crippen LogP contribution is 2.34. The zero-order valence-corrected chi connectivity index (χ0v) is 19.9. The van der Waals surface area contributed by atoms with Crippen molar-refractivity contribution in [3.8, 4) is 17.2 Å². The van der Waals surface area contributed by atoms with Gasteiger partial charge in [0.15, 0.2) is 11.5 Å². The van der Waals surface area contributed by atoms with Gasteiger partial charge in [0.05, 0.1) is 25.1 Å². The molecular weight excluding hydrogens is 460 g/mol. The smallest absolute Gasteiger partial charge is 0.257 e. The molecule has 3 aromatic rings. The van der Waals surface area contributed by atoms with Gasteiger partial charge < -0.3 is 19.1 Å². The first kappa shape index (κ1) is 23.4.